The summed E-state index contributed by atoms with van der Waals surface area (Å²) in [5, 5.41) is 40.4. The minimum absolute atomic E-state index is 0.0477. The Kier molecular flexibility index (Phi) is 3.40. The van der Waals surface area contributed by atoms with E-state index >= 15 is 0 Å². The fraction of sp³-hybridized carbons (Fsp3) is 0.800. The molecular weight excluding hydrogens is 276 g/mol. The minimum atomic E-state index is -2.08. The highest BCUT2D eigenvalue weighted by atomic mass is 16.6. The van der Waals surface area contributed by atoms with Gasteiger partial charge in [-0.2, -0.15) is 0 Å². The molecule has 2 aliphatic carbocycles. The fourth-order valence-corrected chi connectivity index (χ4v) is 4.50. The average Bonchev–Trinajstić information content (AvgIpc) is 2.82. The number of aliphatic hydroxyl groups is 4. The summed E-state index contributed by atoms with van der Waals surface area (Å²) in [6.45, 7) is 5.09. The van der Waals surface area contributed by atoms with Gasteiger partial charge in [0.1, 0.15) is 6.10 Å². The van der Waals surface area contributed by atoms with Gasteiger partial charge in [-0.3, -0.25) is 0 Å². The van der Waals surface area contributed by atoms with Crippen molar-refractivity contribution in [2.45, 2.75) is 43.7 Å². The van der Waals surface area contributed by atoms with Crippen LogP contribution in [0, 0.1) is 23.7 Å². The Hall–Kier alpha value is -0.950. The van der Waals surface area contributed by atoms with Gasteiger partial charge in [0.05, 0.1) is 24.7 Å². The van der Waals surface area contributed by atoms with Crippen molar-refractivity contribution in [1.29, 1.82) is 0 Å². The summed E-state index contributed by atoms with van der Waals surface area (Å²) >= 11 is 0. The molecule has 8 atom stereocenters. The van der Waals surface area contributed by atoms with Crippen LogP contribution < -0.4 is 0 Å². The molecule has 118 valence electrons. The van der Waals surface area contributed by atoms with Crippen LogP contribution in [-0.2, 0) is 9.53 Å². The van der Waals surface area contributed by atoms with E-state index in [1.165, 1.54) is 0 Å². The Morgan fingerprint density at radius 2 is 2.05 bits per heavy atom. The highest BCUT2D eigenvalue weighted by Gasteiger charge is 2.65. The number of carbonyl (C=O) groups excluding carboxylic acids is 1. The van der Waals surface area contributed by atoms with Crippen molar-refractivity contribution in [3.8, 4) is 0 Å². The number of ether oxygens (including phenoxy) is 1. The molecule has 21 heavy (non-hydrogen) atoms. The summed E-state index contributed by atoms with van der Waals surface area (Å²) in [5.74, 6) is -2.15. The smallest absolute Gasteiger partial charge is 0.341 e. The molecule has 0 aromatic carbocycles. The third-order valence-electron chi connectivity index (χ3n) is 5.71. The van der Waals surface area contributed by atoms with Gasteiger partial charge in [0.15, 0.2) is 5.60 Å². The Bertz CT molecular complexity index is 477. The SMILES string of the molecule is C=C1CC(O)C2C(OC(=O)C2(O)CO)C2C1CC(O)C2C. The average molecular weight is 298 g/mol. The van der Waals surface area contributed by atoms with Gasteiger partial charge in [-0.25, -0.2) is 4.79 Å². The zero-order valence-electron chi connectivity index (χ0n) is 12.0. The minimum Gasteiger partial charge on any atom is -0.459 e. The molecule has 3 rings (SSSR count). The highest BCUT2D eigenvalue weighted by Crippen LogP contribution is 2.53. The van der Waals surface area contributed by atoms with Crippen LogP contribution in [0.1, 0.15) is 19.8 Å². The third-order valence-corrected chi connectivity index (χ3v) is 5.71. The van der Waals surface area contributed by atoms with Crippen LogP contribution in [0.15, 0.2) is 12.2 Å². The van der Waals surface area contributed by atoms with E-state index in [2.05, 4.69) is 6.58 Å². The molecular formula is C15H22O6. The molecule has 0 aromatic rings. The predicted molar refractivity (Wildman–Crippen MR) is 71.9 cm³/mol. The van der Waals surface area contributed by atoms with Crippen molar-refractivity contribution in [1.82, 2.24) is 0 Å². The molecule has 1 aliphatic heterocycles. The van der Waals surface area contributed by atoms with Crippen molar-refractivity contribution in [3.63, 3.8) is 0 Å². The quantitative estimate of drug-likeness (QED) is 0.373. The van der Waals surface area contributed by atoms with Crippen molar-refractivity contribution in [2.24, 2.45) is 23.7 Å². The second-order valence-electron chi connectivity index (χ2n) is 6.75. The number of rotatable bonds is 1. The predicted octanol–water partition coefficient (Wildman–Crippen LogP) is -0.795. The van der Waals surface area contributed by atoms with Crippen LogP contribution in [0.25, 0.3) is 0 Å². The second-order valence-corrected chi connectivity index (χ2v) is 6.75. The van der Waals surface area contributed by atoms with Crippen molar-refractivity contribution in [3.05, 3.63) is 12.2 Å². The standard InChI is InChI=1S/C15H22O6/c1-6-3-10(18)12-13(21-14(19)15(12,20)5-16)11-7(2)9(17)4-8(6)11/h7-13,16-18,20H,1,3-5H2,2H3. The maximum absolute atomic E-state index is 12.0. The van der Waals surface area contributed by atoms with Gasteiger partial charge in [0.25, 0.3) is 0 Å². The third kappa shape index (κ3) is 1.90. The molecule has 0 spiro atoms. The second kappa shape index (κ2) is 4.78. The van der Waals surface area contributed by atoms with Crippen molar-refractivity contribution in [2.75, 3.05) is 6.61 Å². The van der Waals surface area contributed by atoms with Crippen LogP contribution in [0.3, 0.4) is 0 Å². The van der Waals surface area contributed by atoms with Crippen molar-refractivity contribution < 1.29 is 30.0 Å². The van der Waals surface area contributed by atoms with E-state index in [0.717, 1.165) is 5.57 Å². The van der Waals surface area contributed by atoms with Gasteiger partial charge in [0.2, 0.25) is 0 Å². The first-order chi connectivity index (χ1) is 9.81. The molecule has 8 unspecified atom stereocenters. The molecule has 1 saturated heterocycles. The van der Waals surface area contributed by atoms with E-state index in [4.69, 9.17) is 4.74 Å². The van der Waals surface area contributed by atoms with E-state index in [-0.39, 0.29) is 24.2 Å². The van der Waals surface area contributed by atoms with Crippen LogP contribution in [0.2, 0.25) is 0 Å². The number of hydrogen-bond acceptors (Lipinski definition) is 6. The maximum Gasteiger partial charge on any atom is 0.341 e. The normalized spacial score (nSPS) is 53.1. The van der Waals surface area contributed by atoms with Crippen LogP contribution in [0.4, 0.5) is 0 Å². The van der Waals surface area contributed by atoms with Crippen LogP contribution in [-0.4, -0.2) is 56.9 Å². The zero-order valence-corrected chi connectivity index (χ0v) is 12.0. The summed E-state index contributed by atoms with van der Waals surface area (Å²) in [5.41, 5.74) is -1.27. The van der Waals surface area contributed by atoms with Gasteiger partial charge in [0, 0.05) is 5.92 Å². The van der Waals surface area contributed by atoms with E-state index in [1.807, 2.05) is 6.92 Å². The van der Waals surface area contributed by atoms with E-state index < -0.39 is 42.4 Å². The molecule has 3 fully saturated rings. The van der Waals surface area contributed by atoms with Gasteiger partial charge >= 0.3 is 5.97 Å². The number of fused-ring (bicyclic) bond motifs is 3. The molecule has 0 radical (unpaired) electrons. The molecule has 2 saturated carbocycles. The monoisotopic (exact) mass is 298 g/mol. The first-order valence-electron chi connectivity index (χ1n) is 7.39. The Balaban J connectivity index is 2.05. The molecule has 4 N–H and O–H groups in total. The summed E-state index contributed by atoms with van der Waals surface area (Å²) < 4.78 is 5.34. The Morgan fingerprint density at radius 1 is 1.38 bits per heavy atom. The Morgan fingerprint density at radius 3 is 2.67 bits per heavy atom. The topological polar surface area (TPSA) is 107 Å². The maximum atomic E-state index is 12.0. The lowest BCUT2D eigenvalue weighted by atomic mass is 9.75. The number of esters is 1. The molecule has 6 heteroatoms. The van der Waals surface area contributed by atoms with Gasteiger partial charge < -0.3 is 25.2 Å². The first-order valence-corrected chi connectivity index (χ1v) is 7.39. The van der Waals surface area contributed by atoms with Crippen LogP contribution in [0.5, 0.6) is 0 Å². The lowest BCUT2D eigenvalue weighted by molar-refractivity contribution is -0.161. The number of aliphatic hydroxyl groups excluding tert-OH is 3. The lowest BCUT2D eigenvalue weighted by Crippen LogP contribution is -2.51. The Labute approximate surface area is 123 Å². The summed E-state index contributed by atoms with van der Waals surface area (Å²) in [6.07, 6.45) is -1.47. The lowest BCUT2D eigenvalue weighted by Gasteiger charge is -2.32. The highest BCUT2D eigenvalue weighted by molar-refractivity contribution is 5.82. The molecule has 0 amide bonds. The molecule has 6 nitrogen and oxygen atoms in total. The summed E-state index contributed by atoms with van der Waals surface area (Å²) in [6, 6.07) is 0. The number of carbonyl (C=O) groups is 1. The molecule has 1 heterocycles. The summed E-state index contributed by atoms with van der Waals surface area (Å²) in [7, 11) is 0. The van der Waals surface area contributed by atoms with Crippen LogP contribution >= 0.6 is 0 Å². The molecule has 3 aliphatic rings. The van der Waals surface area contributed by atoms with Gasteiger partial charge in [-0.1, -0.05) is 19.1 Å². The molecule has 0 bridgehead atoms. The largest absolute Gasteiger partial charge is 0.459 e. The first kappa shape index (κ1) is 15.0. The zero-order chi connectivity index (χ0) is 15.5. The molecule has 0 aromatic heterocycles. The van der Waals surface area contributed by atoms with Gasteiger partial charge in [-0.15, -0.1) is 0 Å². The number of hydrogen-bond donors (Lipinski definition) is 4. The van der Waals surface area contributed by atoms with Gasteiger partial charge in [-0.05, 0) is 24.7 Å². The van der Waals surface area contributed by atoms with E-state index in [0.29, 0.717) is 6.42 Å². The van der Waals surface area contributed by atoms with E-state index in [9.17, 15) is 25.2 Å². The fourth-order valence-electron chi connectivity index (χ4n) is 4.50. The summed E-state index contributed by atoms with van der Waals surface area (Å²) in [4.78, 5) is 12.0. The van der Waals surface area contributed by atoms with E-state index in [1.54, 1.807) is 0 Å². The van der Waals surface area contributed by atoms with Crippen molar-refractivity contribution >= 4 is 5.97 Å².